The van der Waals surface area contributed by atoms with Crippen LogP contribution in [0.25, 0.3) is 0 Å². The van der Waals surface area contributed by atoms with E-state index in [9.17, 15) is 14.7 Å². The minimum Gasteiger partial charge on any atom is -0.481 e. The van der Waals surface area contributed by atoms with Crippen LogP contribution in [-0.4, -0.2) is 16.9 Å². The Hall–Kier alpha value is -1.64. The van der Waals surface area contributed by atoms with E-state index in [1.54, 1.807) is 0 Å². The molecule has 1 fully saturated rings. The maximum Gasteiger partial charge on any atom is 0.307 e. The van der Waals surface area contributed by atoms with Crippen molar-refractivity contribution in [3.63, 3.8) is 0 Å². The molecule has 0 spiro atoms. The zero-order valence-corrected chi connectivity index (χ0v) is 10.3. The van der Waals surface area contributed by atoms with Gasteiger partial charge in [0.25, 0.3) is 0 Å². The number of carbonyl (C=O) groups excluding carboxylic acids is 1. The molecule has 0 radical (unpaired) electrons. The van der Waals surface area contributed by atoms with Gasteiger partial charge in [0.15, 0.2) is 0 Å². The largest absolute Gasteiger partial charge is 0.481 e. The summed E-state index contributed by atoms with van der Waals surface area (Å²) in [5.41, 5.74) is 0.970. The molecule has 2 rings (SSSR count). The Bertz CT molecular complexity index is 425. The highest BCUT2D eigenvalue weighted by molar-refractivity contribution is 5.87. The van der Waals surface area contributed by atoms with Crippen LogP contribution in [0.15, 0.2) is 30.3 Å². The molecule has 0 unspecified atom stereocenters. The van der Waals surface area contributed by atoms with Gasteiger partial charge in [-0.3, -0.25) is 9.59 Å². The van der Waals surface area contributed by atoms with E-state index in [2.05, 4.69) is 0 Å². The molecule has 0 heterocycles. The van der Waals surface area contributed by atoms with Crippen molar-refractivity contribution in [2.45, 2.75) is 32.1 Å². The summed E-state index contributed by atoms with van der Waals surface area (Å²) in [4.78, 5) is 23.4. The molecular weight excluding hydrogens is 228 g/mol. The maximum absolute atomic E-state index is 12.2. The van der Waals surface area contributed by atoms with Crippen LogP contribution in [0.4, 0.5) is 0 Å². The molecule has 3 heteroatoms. The number of carboxylic acid groups (broad SMARTS) is 1. The summed E-state index contributed by atoms with van der Waals surface area (Å²) in [6.45, 7) is 0. The summed E-state index contributed by atoms with van der Waals surface area (Å²) in [7, 11) is 0. The Morgan fingerprint density at radius 2 is 1.67 bits per heavy atom. The highest BCUT2D eigenvalue weighted by Gasteiger charge is 2.35. The summed E-state index contributed by atoms with van der Waals surface area (Å²) < 4.78 is 0. The van der Waals surface area contributed by atoms with E-state index in [1.807, 2.05) is 30.3 Å². The summed E-state index contributed by atoms with van der Waals surface area (Å²) >= 11 is 0. The molecule has 3 nitrogen and oxygen atoms in total. The second kappa shape index (κ2) is 5.80. The monoisotopic (exact) mass is 246 g/mol. The first-order valence-electron chi connectivity index (χ1n) is 6.48. The van der Waals surface area contributed by atoms with Crippen LogP contribution in [0.3, 0.4) is 0 Å². The first-order valence-corrected chi connectivity index (χ1v) is 6.48. The summed E-state index contributed by atoms with van der Waals surface area (Å²) in [6.07, 6.45) is 3.61. The highest BCUT2D eigenvalue weighted by atomic mass is 16.4. The Labute approximate surface area is 107 Å². The molecule has 18 heavy (non-hydrogen) atoms. The molecule has 1 aromatic rings. The van der Waals surface area contributed by atoms with Crippen molar-refractivity contribution in [3.8, 4) is 0 Å². The van der Waals surface area contributed by atoms with E-state index < -0.39 is 11.9 Å². The number of ketones is 1. The lowest BCUT2D eigenvalue weighted by Gasteiger charge is -2.27. The fourth-order valence-electron chi connectivity index (χ4n) is 2.74. The van der Waals surface area contributed by atoms with E-state index in [-0.39, 0.29) is 11.7 Å². The second-order valence-corrected chi connectivity index (χ2v) is 4.96. The lowest BCUT2D eigenvalue weighted by Crippen LogP contribution is -2.33. The molecule has 0 amide bonds. The Morgan fingerprint density at radius 3 is 2.28 bits per heavy atom. The molecule has 1 saturated carbocycles. The van der Waals surface area contributed by atoms with E-state index in [4.69, 9.17) is 0 Å². The van der Waals surface area contributed by atoms with Gasteiger partial charge in [0.2, 0.25) is 0 Å². The van der Waals surface area contributed by atoms with Gasteiger partial charge in [-0.05, 0) is 18.4 Å². The van der Waals surface area contributed by atoms with Gasteiger partial charge in [0.05, 0.1) is 5.92 Å². The number of carbonyl (C=O) groups is 2. The molecule has 1 N–H and O–H groups in total. The molecule has 2 atom stereocenters. The van der Waals surface area contributed by atoms with E-state index >= 15 is 0 Å². The maximum atomic E-state index is 12.2. The second-order valence-electron chi connectivity index (χ2n) is 4.96. The van der Waals surface area contributed by atoms with Crippen molar-refractivity contribution in [3.05, 3.63) is 35.9 Å². The van der Waals surface area contributed by atoms with Gasteiger partial charge in [-0.2, -0.15) is 0 Å². The fourth-order valence-corrected chi connectivity index (χ4v) is 2.74. The number of hydrogen-bond donors (Lipinski definition) is 1. The van der Waals surface area contributed by atoms with Crippen LogP contribution in [-0.2, 0) is 16.0 Å². The number of rotatable bonds is 4. The topological polar surface area (TPSA) is 54.4 Å². The minimum atomic E-state index is -0.818. The van der Waals surface area contributed by atoms with E-state index in [0.717, 1.165) is 24.8 Å². The molecule has 1 aliphatic carbocycles. The summed E-state index contributed by atoms with van der Waals surface area (Å²) in [5, 5.41) is 9.17. The minimum absolute atomic E-state index is 0.0771. The smallest absolute Gasteiger partial charge is 0.307 e. The molecule has 0 aromatic heterocycles. The number of aliphatic carboxylic acids is 1. The van der Waals surface area contributed by atoms with Gasteiger partial charge in [-0.15, -0.1) is 0 Å². The Balaban J connectivity index is 2.05. The molecule has 0 aliphatic heterocycles. The number of benzene rings is 1. The normalized spacial score (nSPS) is 23.6. The Morgan fingerprint density at radius 1 is 1.06 bits per heavy atom. The molecule has 0 saturated heterocycles. The van der Waals surface area contributed by atoms with E-state index in [1.165, 1.54) is 0 Å². The molecule has 1 aliphatic rings. The van der Waals surface area contributed by atoms with Crippen molar-refractivity contribution < 1.29 is 14.7 Å². The standard InChI is InChI=1S/C15H18O3/c16-14(10-11-6-2-1-3-7-11)12-8-4-5-9-13(12)15(17)18/h1-3,6-7,12-13H,4-5,8-10H2,(H,17,18)/t12-,13-/m1/s1. The quantitative estimate of drug-likeness (QED) is 0.888. The van der Waals surface area contributed by atoms with Gasteiger partial charge in [-0.25, -0.2) is 0 Å². The fraction of sp³-hybridized carbons (Fsp3) is 0.467. The van der Waals surface area contributed by atoms with Crippen LogP contribution in [0.2, 0.25) is 0 Å². The van der Waals surface area contributed by atoms with Crippen molar-refractivity contribution in [1.29, 1.82) is 0 Å². The predicted octanol–water partition coefficient (Wildman–Crippen LogP) is 2.69. The molecule has 0 bridgehead atoms. The van der Waals surface area contributed by atoms with Gasteiger partial charge >= 0.3 is 5.97 Å². The first-order chi connectivity index (χ1) is 8.68. The van der Waals surface area contributed by atoms with E-state index in [0.29, 0.717) is 12.8 Å². The number of Topliss-reactive ketones (excluding diaryl/α,β-unsaturated/α-hetero) is 1. The first kappa shape index (κ1) is 12.8. The van der Waals surface area contributed by atoms with Gasteiger partial charge < -0.3 is 5.11 Å². The third kappa shape index (κ3) is 2.97. The SMILES string of the molecule is O=C(O)[C@@H]1CCCC[C@H]1C(=O)Cc1ccccc1. The van der Waals surface area contributed by atoms with Crippen molar-refractivity contribution in [1.82, 2.24) is 0 Å². The molecular formula is C15H18O3. The third-order valence-corrected chi connectivity index (χ3v) is 3.72. The zero-order chi connectivity index (χ0) is 13.0. The van der Waals surface area contributed by atoms with Crippen molar-refractivity contribution in [2.75, 3.05) is 0 Å². The average molecular weight is 246 g/mol. The Kier molecular flexibility index (Phi) is 4.13. The average Bonchev–Trinajstić information content (AvgIpc) is 2.40. The molecule has 96 valence electrons. The van der Waals surface area contributed by atoms with Crippen LogP contribution < -0.4 is 0 Å². The van der Waals surface area contributed by atoms with Gasteiger partial charge in [-0.1, -0.05) is 43.2 Å². The van der Waals surface area contributed by atoms with Gasteiger partial charge in [0.1, 0.15) is 5.78 Å². The zero-order valence-electron chi connectivity index (χ0n) is 10.3. The lowest BCUT2D eigenvalue weighted by molar-refractivity contribution is -0.148. The number of carboxylic acids is 1. The van der Waals surface area contributed by atoms with Crippen LogP contribution in [0, 0.1) is 11.8 Å². The third-order valence-electron chi connectivity index (χ3n) is 3.72. The summed E-state index contributed by atoms with van der Waals surface area (Å²) in [5.74, 6) is -1.51. The number of hydrogen-bond acceptors (Lipinski definition) is 2. The lowest BCUT2D eigenvalue weighted by atomic mass is 9.76. The summed E-state index contributed by atoms with van der Waals surface area (Å²) in [6, 6.07) is 9.54. The van der Waals surface area contributed by atoms with Crippen molar-refractivity contribution >= 4 is 11.8 Å². The van der Waals surface area contributed by atoms with Crippen LogP contribution >= 0.6 is 0 Å². The van der Waals surface area contributed by atoms with Gasteiger partial charge in [0, 0.05) is 12.3 Å². The highest BCUT2D eigenvalue weighted by Crippen LogP contribution is 2.31. The predicted molar refractivity (Wildman–Crippen MR) is 68.2 cm³/mol. The van der Waals surface area contributed by atoms with Crippen LogP contribution in [0.5, 0.6) is 0 Å². The van der Waals surface area contributed by atoms with Crippen LogP contribution in [0.1, 0.15) is 31.2 Å². The molecule has 1 aromatic carbocycles. The van der Waals surface area contributed by atoms with Crippen molar-refractivity contribution in [2.24, 2.45) is 11.8 Å².